The van der Waals surface area contributed by atoms with E-state index in [-0.39, 0.29) is 23.8 Å². The standard InChI is InChI=1S/C31H23N3O4S4/c1-2-38-30(37)26-22(23-14-9-15-39-23)17-40-28(26)32-25(35)18-41-31-33-27-21(16-24(42-27)19-10-5-3-6-11-19)29(36)34(31)20-12-7-4-8-13-20/h3-17H,2,18H2,1H3,(H,32,35). The van der Waals surface area contributed by atoms with Gasteiger partial charge in [0.15, 0.2) is 5.16 Å². The van der Waals surface area contributed by atoms with Crippen LogP contribution in [0.3, 0.4) is 0 Å². The lowest BCUT2D eigenvalue weighted by molar-refractivity contribution is -0.113. The molecule has 0 saturated carbocycles. The van der Waals surface area contributed by atoms with Gasteiger partial charge in [-0.15, -0.1) is 34.0 Å². The molecule has 1 amide bonds. The molecule has 42 heavy (non-hydrogen) atoms. The second-order valence-electron chi connectivity index (χ2n) is 8.95. The molecule has 0 spiro atoms. The number of benzene rings is 2. The fourth-order valence-corrected chi connectivity index (χ4v) is 8.05. The number of hydrogen-bond donors (Lipinski definition) is 1. The number of aromatic nitrogens is 2. The molecule has 0 atom stereocenters. The Balaban J connectivity index is 1.31. The van der Waals surface area contributed by atoms with Gasteiger partial charge in [-0.05, 0) is 42.1 Å². The summed E-state index contributed by atoms with van der Waals surface area (Å²) in [6.07, 6.45) is 0. The normalized spacial score (nSPS) is 11.1. The van der Waals surface area contributed by atoms with Gasteiger partial charge in [0.25, 0.3) is 5.56 Å². The van der Waals surface area contributed by atoms with Gasteiger partial charge in [-0.1, -0.05) is 66.4 Å². The van der Waals surface area contributed by atoms with Crippen LogP contribution < -0.4 is 10.9 Å². The molecule has 6 rings (SSSR count). The van der Waals surface area contributed by atoms with E-state index in [1.54, 1.807) is 11.5 Å². The number of hydrogen-bond acceptors (Lipinski definition) is 9. The highest BCUT2D eigenvalue weighted by Crippen LogP contribution is 2.38. The second-order valence-corrected chi connectivity index (χ2v) is 12.8. The zero-order chi connectivity index (χ0) is 29.1. The fraction of sp³-hybridized carbons (Fsp3) is 0.0968. The van der Waals surface area contributed by atoms with E-state index in [1.165, 1.54) is 45.8 Å². The monoisotopic (exact) mass is 629 g/mol. The molecule has 0 fully saturated rings. The maximum Gasteiger partial charge on any atom is 0.341 e. The van der Waals surface area contributed by atoms with Gasteiger partial charge in [0.2, 0.25) is 5.91 Å². The molecule has 2 aromatic carbocycles. The van der Waals surface area contributed by atoms with E-state index in [4.69, 9.17) is 9.72 Å². The van der Waals surface area contributed by atoms with Crippen LogP contribution in [0.4, 0.5) is 5.00 Å². The Morgan fingerprint density at radius 2 is 1.74 bits per heavy atom. The lowest BCUT2D eigenvalue weighted by Crippen LogP contribution is -2.22. The van der Waals surface area contributed by atoms with Crippen molar-refractivity contribution in [3.63, 3.8) is 0 Å². The fourth-order valence-electron chi connectivity index (χ4n) is 4.37. The highest BCUT2D eigenvalue weighted by molar-refractivity contribution is 7.99. The minimum atomic E-state index is -0.484. The third-order valence-corrected chi connectivity index (χ3v) is 10.1. The van der Waals surface area contributed by atoms with Gasteiger partial charge in [0.05, 0.1) is 23.4 Å². The first-order valence-electron chi connectivity index (χ1n) is 13.0. The van der Waals surface area contributed by atoms with Crippen LogP contribution >= 0.6 is 45.8 Å². The largest absolute Gasteiger partial charge is 0.462 e. The van der Waals surface area contributed by atoms with Gasteiger partial charge in [-0.25, -0.2) is 9.78 Å². The highest BCUT2D eigenvalue weighted by Gasteiger charge is 2.24. The molecule has 0 radical (unpaired) electrons. The molecule has 0 aliphatic carbocycles. The summed E-state index contributed by atoms with van der Waals surface area (Å²) in [5.41, 5.74) is 2.55. The molecular weight excluding hydrogens is 607 g/mol. The maximum absolute atomic E-state index is 13.8. The minimum absolute atomic E-state index is 0.0177. The van der Waals surface area contributed by atoms with Crippen molar-refractivity contribution in [2.75, 3.05) is 17.7 Å². The Kier molecular flexibility index (Phi) is 8.34. The summed E-state index contributed by atoms with van der Waals surface area (Å²) >= 11 is 5.40. The average Bonchev–Trinajstić information content (AvgIpc) is 3.77. The van der Waals surface area contributed by atoms with Crippen molar-refractivity contribution >= 4 is 72.9 Å². The van der Waals surface area contributed by atoms with Crippen molar-refractivity contribution in [1.82, 2.24) is 9.55 Å². The number of amides is 1. The van der Waals surface area contributed by atoms with Crippen LogP contribution in [0.2, 0.25) is 0 Å². The number of carbonyl (C=O) groups excluding carboxylic acids is 2. The highest BCUT2D eigenvalue weighted by atomic mass is 32.2. The number of nitrogens with one attached hydrogen (secondary N) is 1. The summed E-state index contributed by atoms with van der Waals surface area (Å²) in [6, 6.07) is 24.9. The summed E-state index contributed by atoms with van der Waals surface area (Å²) in [5.74, 6) is -0.826. The molecule has 6 aromatic rings. The summed E-state index contributed by atoms with van der Waals surface area (Å²) in [6.45, 7) is 1.97. The molecule has 4 heterocycles. The van der Waals surface area contributed by atoms with Crippen LogP contribution in [0.15, 0.2) is 99.6 Å². The topological polar surface area (TPSA) is 90.3 Å². The van der Waals surface area contributed by atoms with Crippen molar-refractivity contribution in [2.24, 2.45) is 0 Å². The summed E-state index contributed by atoms with van der Waals surface area (Å²) in [4.78, 5) is 47.2. The summed E-state index contributed by atoms with van der Waals surface area (Å²) in [5, 5.41) is 8.03. The Hall–Kier alpha value is -4.03. The predicted molar refractivity (Wildman–Crippen MR) is 174 cm³/mol. The van der Waals surface area contributed by atoms with Gasteiger partial charge in [0.1, 0.15) is 15.4 Å². The van der Waals surface area contributed by atoms with Gasteiger partial charge >= 0.3 is 5.97 Å². The minimum Gasteiger partial charge on any atom is -0.462 e. The van der Waals surface area contributed by atoms with Crippen LogP contribution in [0.1, 0.15) is 17.3 Å². The number of thioether (sulfide) groups is 1. The second kappa shape index (κ2) is 12.5. The third kappa shape index (κ3) is 5.68. The smallest absolute Gasteiger partial charge is 0.341 e. The molecule has 0 unspecified atom stereocenters. The number of para-hydroxylation sites is 1. The molecular formula is C31H23N3O4S4. The van der Waals surface area contributed by atoms with E-state index < -0.39 is 5.97 Å². The molecule has 0 aliphatic heterocycles. The van der Waals surface area contributed by atoms with Crippen LogP contribution in [0, 0.1) is 0 Å². The number of carbonyl (C=O) groups is 2. The van der Waals surface area contributed by atoms with Crippen molar-refractivity contribution < 1.29 is 14.3 Å². The summed E-state index contributed by atoms with van der Waals surface area (Å²) < 4.78 is 6.85. The number of anilines is 1. The van der Waals surface area contributed by atoms with Crippen molar-refractivity contribution in [3.8, 4) is 26.6 Å². The zero-order valence-electron chi connectivity index (χ0n) is 22.2. The number of ether oxygens (including phenoxy) is 1. The van der Waals surface area contributed by atoms with E-state index >= 15 is 0 Å². The van der Waals surface area contributed by atoms with Gasteiger partial charge in [0, 0.05) is 20.7 Å². The molecule has 1 N–H and O–H groups in total. The first kappa shape index (κ1) is 28.1. The van der Waals surface area contributed by atoms with Crippen LogP contribution in [-0.2, 0) is 9.53 Å². The van der Waals surface area contributed by atoms with E-state index in [0.717, 1.165) is 20.9 Å². The first-order valence-corrected chi connectivity index (χ1v) is 16.5. The van der Waals surface area contributed by atoms with Crippen LogP contribution in [0.25, 0.3) is 36.8 Å². The molecule has 4 aromatic heterocycles. The van der Waals surface area contributed by atoms with Crippen LogP contribution in [-0.4, -0.2) is 33.8 Å². The van der Waals surface area contributed by atoms with E-state index in [0.29, 0.717) is 31.6 Å². The molecule has 0 saturated heterocycles. The number of esters is 1. The maximum atomic E-state index is 13.8. The van der Waals surface area contributed by atoms with Gasteiger partial charge < -0.3 is 10.1 Å². The van der Waals surface area contributed by atoms with Crippen molar-refractivity contribution in [2.45, 2.75) is 12.1 Å². The molecule has 210 valence electrons. The Morgan fingerprint density at radius 1 is 0.976 bits per heavy atom. The first-order chi connectivity index (χ1) is 20.5. The number of nitrogens with zero attached hydrogens (tertiary/aromatic N) is 2. The van der Waals surface area contributed by atoms with Gasteiger partial charge in [-0.2, -0.15) is 0 Å². The van der Waals surface area contributed by atoms with Gasteiger partial charge in [-0.3, -0.25) is 14.2 Å². The molecule has 0 bridgehead atoms. The third-order valence-electron chi connectivity index (χ3n) is 6.25. The Bertz CT molecular complexity index is 1930. The van der Waals surface area contributed by atoms with Crippen LogP contribution in [0.5, 0.6) is 0 Å². The number of thiophene rings is 3. The van der Waals surface area contributed by atoms with Crippen molar-refractivity contribution in [3.05, 3.63) is 106 Å². The van der Waals surface area contributed by atoms with E-state index in [2.05, 4.69) is 5.32 Å². The Labute approximate surface area is 257 Å². The molecule has 7 nitrogen and oxygen atoms in total. The van der Waals surface area contributed by atoms with Crippen molar-refractivity contribution in [1.29, 1.82) is 0 Å². The Morgan fingerprint density at radius 3 is 2.45 bits per heavy atom. The summed E-state index contributed by atoms with van der Waals surface area (Å²) in [7, 11) is 0. The predicted octanol–water partition coefficient (Wildman–Crippen LogP) is 7.81. The van der Waals surface area contributed by atoms with E-state index in [1.807, 2.05) is 89.6 Å². The lowest BCUT2D eigenvalue weighted by Gasteiger charge is -2.12. The SMILES string of the molecule is CCOC(=O)c1c(-c2cccs2)csc1NC(=O)CSc1nc2sc(-c3ccccc3)cc2c(=O)n1-c1ccccc1. The average molecular weight is 630 g/mol. The lowest BCUT2D eigenvalue weighted by atomic mass is 10.1. The molecule has 11 heteroatoms. The quantitative estimate of drug-likeness (QED) is 0.0997. The molecule has 0 aliphatic rings. The van der Waals surface area contributed by atoms with E-state index in [9.17, 15) is 14.4 Å². The number of fused-ring (bicyclic) bond motifs is 1. The number of rotatable bonds is 9. The zero-order valence-corrected chi connectivity index (χ0v) is 25.5.